The zero-order chi connectivity index (χ0) is 12.7. The maximum absolute atomic E-state index is 11.6. The van der Waals surface area contributed by atoms with Gasteiger partial charge in [0.1, 0.15) is 0 Å². The van der Waals surface area contributed by atoms with Crippen molar-refractivity contribution in [2.75, 3.05) is 16.8 Å². The molecular formula is C12H16N2O2S. The molecular weight excluding hydrogens is 236 g/mol. The lowest BCUT2D eigenvalue weighted by molar-refractivity contribution is -0.115. The standard InChI is InChI=1S/C12H16N2O2S/c1-2-9-5-3-4-6-10(9)14-12(16)8-17-7-11(13)15/h3-6H,2,7-8H2,1H3,(H2,13,15)(H,14,16). The third-order valence-corrected chi connectivity index (χ3v) is 3.10. The van der Waals surface area contributed by atoms with Crippen molar-refractivity contribution in [3.05, 3.63) is 29.8 Å². The zero-order valence-electron chi connectivity index (χ0n) is 9.73. The maximum atomic E-state index is 11.6. The number of carbonyl (C=O) groups is 2. The molecule has 17 heavy (non-hydrogen) atoms. The highest BCUT2D eigenvalue weighted by Crippen LogP contribution is 2.15. The zero-order valence-corrected chi connectivity index (χ0v) is 10.5. The van der Waals surface area contributed by atoms with Crippen LogP contribution in [0.5, 0.6) is 0 Å². The van der Waals surface area contributed by atoms with Crippen LogP contribution in [0.4, 0.5) is 5.69 Å². The highest BCUT2D eigenvalue weighted by molar-refractivity contribution is 8.00. The van der Waals surface area contributed by atoms with Crippen LogP contribution < -0.4 is 11.1 Å². The predicted octanol–water partition coefficient (Wildman–Crippen LogP) is 1.41. The minimum Gasteiger partial charge on any atom is -0.369 e. The molecule has 5 heteroatoms. The first-order chi connectivity index (χ1) is 8.13. The predicted molar refractivity (Wildman–Crippen MR) is 71.0 cm³/mol. The summed E-state index contributed by atoms with van der Waals surface area (Å²) in [5.74, 6) is -0.113. The molecule has 0 heterocycles. The Hall–Kier alpha value is -1.49. The minimum atomic E-state index is -0.406. The van der Waals surface area contributed by atoms with E-state index in [0.717, 1.165) is 17.7 Å². The Balaban J connectivity index is 2.47. The van der Waals surface area contributed by atoms with E-state index < -0.39 is 5.91 Å². The molecule has 0 unspecified atom stereocenters. The van der Waals surface area contributed by atoms with Crippen molar-refractivity contribution >= 4 is 29.3 Å². The van der Waals surface area contributed by atoms with Gasteiger partial charge < -0.3 is 11.1 Å². The van der Waals surface area contributed by atoms with Gasteiger partial charge in [0.25, 0.3) is 0 Å². The van der Waals surface area contributed by atoms with E-state index in [2.05, 4.69) is 5.32 Å². The molecule has 3 N–H and O–H groups in total. The largest absolute Gasteiger partial charge is 0.369 e. The van der Waals surface area contributed by atoms with Crippen molar-refractivity contribution in [1.29, 1.82) is 0 Å². The number of nitrogens with one attached hydrogen (secondary N) is 1. The first kappa shape index (κ1) is 13.6. The molecule has 0 atom stereocenters. The van der Waals surface area contributed by atoms with Crippen molar-refractivity contribution in [3.8, 4) is 0 Å². The van der Waals surface area contributed by atoms with Gasteiger partial charge in [0, 0.05) is 5.69 Å². The Morgan fingerprint density at radius 2 is 2.00 bits per heavy atom. The molecule has 1 rings (SSSR count). The van der Waals surface area contributed by atoms with E-state index in [1.807, 2.05) is 31.2 Å². The second-order valence-corrected chi connectivity index (χ2v) is 4.50. The highest BCUT2D eigenvalue weighted by Gasteiger charge is 2.06. The van der Waals surface area contributed by atoms with Gasteiger partial charge in [-0.15, -0.1) is 11.8 Å². The van der Waals surface area contributed by atoms with E-state index in [9.17, 15) is 9.59 Å². The topological polar surface area (TPSA) is 72.2 Å². The van der Waals surface area contributed by atoms with Gasteiger partial charge in [0.05, 0.1) is 11.5 Å². The third kappa shape index (κ3) is 4.91. The van der Waals surface area contributed by atoms with Crippen molar-refractivity contribution in [2.24, 2.45) is 5.73 Å². The van der Waals surface area contributed by atoms with E-state index in [1.165, 1.54) is 11.8 Å². The maximum Gasteiger partial charge on any atom is 0.234 e. The van der Waals surface area contributed by atoms with E-state index >= 15 is 0 Å². The number of hydrogen-bond acceptors (Lipinski definition) is 3. The summed E-state index contributed by atoms with van der Waals surface area (Å²) in [4.78, 5) is 22.1. The number of nitrogens with two attached hydrogens (primary N) is 1. The molecule has 2 amide bonds. The number of thioether (sulfide) groups is 1. The number of benzene rings is 1. The summed E-state index contributed by atoms with van der Waals surface area (Å²) in [6.07, 6.45) is 0.866. The Bertz CT molecular complexity index is 407. The normalized spacial score (nSPS) is 9.94. The van der Waals surface area contributed by atoms with Crippen molar-refractivity contribution in [3.63, 3.8) is 0 Å². The van der Waals surface area contributed by atoms with Crippen LogP contribution in [0, 0.1) is 0 Å². The van der Waals surface area contributed by atoms with Crippen LogP contribution in [0.15, 0.2) is 24.3 Å². The molecule has 4 nitrogen and oxygen atoms in total. The molecule has 0 aliphatic rings. The lowest BCUT2D eigenvalue weighted by Crippen LogP contribution is -2.18. The number of primary amides is 1. The number of para-hydroxylation sites is 1. The minimum absolute atomic E-state index is 0.114. The molecule has 0 radical (unpaired) electrons. The smallest absolute Gasteiger partial charge is 0.234 e. The fourth-order valence-corrected chi connectivity index (χ4v) is 1.94. The quantitative estimate of drug-likeness (QED) is 0.804. The highest BCUT2D eigenvalue weighted by atomic mass is 32.2. The van der Waals surface area contributed by atoms with Crippen molar-refractivity contribution < 1.29 is 9.59 Å². The van der Waals surface area contributed by atoms with Crippen molar-refractivity contribution in [1.82, 2.24) is 0 Å². The average Bonchev–Trinajstić information content (AvgIpc) is 2.29. The SMILES string of the molecule is CCc1ccccc1NC(=O)CSCC(N)=O. The third-order valence-electron chi connectivity index (χ3n) is 2.15. The molecule has 0 aromatic heterocycles. The van der Waals surface area contributed by atoms with Gasteiger partial charge in [-0.3, -0.25) is 9.59 Å². The summed E-state index contributed by atoms with van der Waals surface area (Å²) < 4.78 is 0. The lowest BCUT2D eigenvalue weighted by Gasteiger charge is -2.09. The summed E-state index contributed by atoms with van der Waals surface area (Å²) in [6, 6.07) is 7.67. The molecule has 0 aliphatic heterocycles. The number of amides is 2. The van der Waals surface area contributed by atoms with Gasteiger partial charge in [-0.2, -0.15) is 0 Å². The van der Waals surface area contributed by atoms with Crippen LogP contribution >= 0.6 is 11.8 Å². The van der Waals surface area contributed by atoms with E-state index in [4.69, 9.17) is 5.73 Å². The number of hydrogen-bond donors (Lipinski definition) is 2. The van der Waals surface area contributed by atoms with Gasteiger partial charge in [-0.25, -0.2) is 0 Å². The summed E-state index contributed by atoms with van der Waals surface area (Å²) in [5.41, 5.74) is 6.92. The molecule has 0 bridgehead atoms. The average molecular weight is 252 g/mol. The second-order valence-electron chi connectivity index (χ2n) is 3.52. The second kappa shape index (κ2) is 6.96. The van der Waals surface area contributed by atoms with Gasteiger partial charge in [0.15, 0.2) is 0 Å². The molecule has 0 spiro atoms. The van der Waals surface area contributed by atoms with Crippen LogP contribution in [-0.2, 0) is 16.0 Å². The summed E-state index contributed by atoms with van der Waals surface area (Å²) in [5, 5.41) is 2.82. The Labute approximate surface area is 105 Å². The first-order valence-electron chi connectivity index (χ1n) is 5.37. The summed E-state index contributed by atoms with van der Waals surface area (Å²) >= 11 is 1.22. The fraction of sp³-hybridized carbons (Fsp3) is 0.333. The molecule has 0 saturated heterocycles. The number of carbonyl (C=O) groups excluding carboxylic acids is 2. The van der Waals surface area contributed by atoms with Crippen LogP contribution in [0.2, 0.25) is 0 Å². The van der Waals surface area contributed by atoms with Crippen LogP contribution in [0.3, 0.4) is 0 Å². The Kier molecular flexibility index (Phi) is 5.56. The number of rotatable bonds is 6. The van der Waals surface area contributed by atoms with Gasteiger partial charge in [0.2, 0.25) is 11.8 Å². The van der Waals surface area contributed by atoms with Gasteiger partial charge >= 0.3 is 0 Å². The van der Waals surface area contributed by atoms with E-state index in [0.29, 0.717) is 0 Å². The number of aryl methyl sites for hydroxylation is 1. The monoisotopic (exact) mass is 252 g/mol. The first-order valence-corrected chi connectivity index (χ1v) is 6.52. The Morgan fingerprint density at radius 1 is 1.29 bits per heavy atom. The lowest BCUT2D eigenvalue weighted by atomic mass is 10.1. The molecule has 1 aromatic rings. The molecule has 92 valence electrons. The van der Waals surface area contributed by atoms with E-state index in [1.54, 1.807) is 0 Å². The number of anilines is 1. The van der Waals surface area contributed by atoms with Gasteiger partial charge in [-0.1, -0.05) is 25.1 Å². The van der Waals surface area contributed by atoms with Crippen LogP contribution in [-0.4, -0.2) is 23.3 Å². The molecule has 1 aromatic carbocycles. The summed E-state index contributed by atoms with van der Waals surface area (Å²) in [7, 11) is 0. The van der Waals surface area contributed by atoms with Crippen LogP contribution in [0.25, 0.3) is 0 Å². The fourth-order valence-electron chi connectivity index (χ4n) is 1.38. The summed E-state index contributed by atoms with van der Waals surface area (Å²) in [6.45, 7) is 2.03. The van der Waals surface area contributed by atoms with Crippen LogP contribution in [0.1, 0.15) is 12.5 Å². The molecule has 0 aliphatic carbocycles. The van der Waals surface area contributed by atoms with E-state index in [-0.39, 0.29) is 17.4 Å². The molecule has 0 fully saturated rings. The van der Waals surface area contributed by atoms with Crippen molar-refractivity contribution in [2.45, 2.75) is 13.3 Å². The molecule has 0 saturated carbocycles. The Morgan fingerprint density at radius 3 is 2.65 bits per heavy atom. The van der Waals surface area contributed by atoms with Gasteiger partial charge in [-0.05, 0) is 18.1 Å².